The highest BCUT2D eigenvalue weighted by atomic mass is 32.2. The lowest BCUT2D eigenvalue weighted by atomic mass is 10.2. The van der Waals surface area contributed by atoms with Crippen LogP contribution in [0.5, 0.6) is 0 Å². The number of benzene rings is 1. The van der Waals surface area contributed by atoms with Crippen molar-refractivity contribution in [3.8, 4) is 0 Å². The molecule has 2 unspecified atom stereocenters. The first-order valence-corrected chi connectivity index (χ1v) is 10.8. The minimum atomic E-state index is -0.381. The molecule has 8 nitrogen and oxygen atoms in total. The van der Waals surface area contributed by atoms with E-state index in [1.165, 1.54) is 11.8 Å². The molecular weight excluding hydrogens is 400 g/mol. The van der Waals surface area contributed by atoms with Gasteiger partial charge < -0.3 is 14.4 Å². The monoisotopic (exact) mass is 428 g/mol. The van der Waals surface area contributed by atoms with Gasteiger partial charge in [-0.15, -0.1) is 10.2 Å². The third kappa shape index (κ3) is 5.28. The number of hydrogen-bond acceptors (Lipinski definition) is 7. The van der Waals surface area contributed by atoms with Crippen molar-refractivity contribution in [2.24, 2.45) is 0 Å². The van der Waals surface area contributed by atoms with Crippen LogP contribution in [0.4, 0.5) is 5.82 Å². The van der Waals surface area contributed by atoms with Gasteiger partial charge in [-0.1, -0.05) is 54.2 Å². The van der Waals surface area contributed by atoms with Gasteiger partial charge in [0.05, 0.1) is 17.8 Å². The van der Waals surface area contributed by atoms with E-state index >= 15 is 0 Å². The Labute approximate surface area is 181 Å². The molecule has 2 aromatic heterocycles. The minimum Gasteiger partial charge on any atom is -0.360 e. The number of hydrogen-bond donors (Lipinski definition) is 1. The normalized spacial score (nSPS) is 13.4. The second kappa shape index (κ2) is 9.90. The Kier molecular flexibility index (Phi) is 7.28. The van der Waals surface area contributed by atoms with E-state index < -0.39 is 0 Å². The first-order chi connectivity index (χ1) is 14.4. The van der Waals surface area contributed by atoms with E-state index in [4.69, 9.17) is 4.52 Å². The average Bonchev–Trinajstić information content (AvgIpc) is 3.29. The Hall–Kier alpha value is -2.65. The number of rotatable bonds is 9. The van der Waals surface area contributed by atoms with Gasteiger partial charge >= 0.3 is 0 Å². The van der Waals surface area contributed by atoms with Crippen LogP contribution in [0, 0.1) is 6.92 Å². The Morgan fingerprint density at radius 1 is 1.27 bits per heavy atom. The van der Waals surface area contributed by atoms with Gasteiger partial charge in [0.2, 0.25) is 5.91 Å². The van der Waals surface area contributed by atoms with Crippen molar-refractivity contribution < 1.29 is 9.32 Å². The van der Waals surface area contributed by atoms with Gasteiger partial charge in [0.15, 0.2) is 16.8 Å². The number of nitrogens with one attached hydrogen (secondary N) is 1. The van der Waals surface area contributed by atoms with Crippen molar-refractivity contribution in [1.29, 1.82) is 0 Å². The maximum atomic E-state index is 12.6. The van der Waals surface area contributed by atoms with E-state index in [0.717, 1.165) is 17.8 Å². The number of aromatic nitrogens is 4. The van der Waals surface area contributed by atoms with Crippen molar-refractivity contribution in [1.82, 2.24) is 24.8 Å². The zero-order valence-electron chi connectivity index (χ0n) is 18.0. The fourth-order valence-electron chi connectivity index (χ4n) is 3.19. The van der Waals surface area contributed by atoms with Crippen LogP contribution < -0.4 is 5.32 Å². The molecule has 0 spiro atoms. The molecule has 0 aliphatic rings. The molecule has 0 bridgehead atoms. The van der Waals surface area contributed by atoms with Gasteiger partial charge in [-0.2, -0.15) is 0 Å². The summed E-state index contributed by atoms with van der Waals surface area (Å²) in [5, 5.41) is 15.9. The number of thioether (sulfide) groups is 1. The Balaban J connectivity index is 1.83. The Bertz CT molecular complexity index is 969. The van der Waals surface area contributed by atoms with Crippen molar-refractivity contribution >= 4 is 23.5 Å². The number of carbonyl (C=O) groups excluding carboxylic acids is 1. The summed E-state index contributed by atoms with van der Waals surface area (Å²) in [5.74, 6) is 1.79. The van der Waals surface area contributed by atoms with Crippen molar-refractivity contribution in [3.63, 3.8) is 0 Å². The van der Waals surface area contributed by atoms with E-state index in [2.05, 4.69) is 49.2 Å². The molecule has 0 aliphatic carbocycles. The maximum Gasteiger partial charge on any atom is 0.238 e. The number of nitrogens with zero attached hydrogens (tertiary/aromatic N) is 5. The molecular formula is C21H28N6O2S. The van der Waals surface area contributed by atoms with Crippen LogP contribution in [0.15, 0.2) is 46.1 Å². The lowest BCUT2D eigenvalue weighted by molar-refractivity contribution is -0.115. The second-order valence-corrected chi connectivity index (χ2v) is 8.68. The summed E-state index contributed by atoms with van der Waals surface area (Å²) in [6.07, 6.45) is 0.909. The highest BCUT2D eigenvalue weighted by molar-refractivity contribution is 8.00. The summed E-state index contributed by atoms with van der Waals surface area (Å²) < 4.78 is 7.12. The fraction of sp³-hybridized carbons (Fsp3) is 0.429. The van der Waals surface area contributed by atoms with Crippen molar-refractivity contribution in [3.05, 3.63) is 53.5 Å². The standard InChI is InChI=1S/C21H28N6O2S/c1-6-17(26(4)5)19-23-24-21(27(19)13-16-10-8-7-9-11-16)30-15(3)20(28)22-18-12-14(2)29-25-18/h7-12,15,17H,6,13H2,1-5H3,(H,22,25,28). The topological polar surface area (TPSA) is 89.1 Å². The van der Waals surface area contributed by atoms with Crippen LogP contribution in [0.25, 0.3) is 0 Å². The molecule has 3 aromatic rings. The largest absolute Gasteiger partial charge is 0.360 e. The third-order valence-electron chi connectivity index (χ3n) is 4.77. The lowest BCUT2D eigenvalue weighted by Crippen LogP contribution is -2.25. The number of carbonyl (C=O) groups is 1. The summed E-state index contributed by atoms with van der Waals surface area (Å²) in [7, 11) is 4.08. The first-order valence-electron chi connectivity index (χ1n) is 9.93. The maximum absolute atomic E-state index is 12.6. The van der Waals surface area contributed by atoms with E-state index in [9.17, 15) is 4.79 Å². The van der Waals surface area contributed by atoms with E-state index in [1.807, 2.05) is 39.2 Å². The molecule has 0 aliphatic heterocycles. The Morgan fingerprint density at radius 3 is 2.60 bits per heavy atom. The number of aryl methyl sites for hydroxylation is 1. The highest BCUT2D eigenvalue weighted by Gasteiger charge is 2.25. The van der Waals surface area contributed by atoms with E-state index in [0.29, 0.717) is 23.3 Å². The molecule has 3 rings (SSSR count). The van der Waals surface area contributed by atoms with Gasteiger partial charge in [0.25, 0.3) is 0 Å². The van der Waals surface area contributed by atoms with Gasteiger partial charge in [-0.05, 0) is 39.9 Å². The first kappa shape index (κ1) is 22.0. The summed E-state index contributed by atoms with van der Waals surface area (Å²) in [6, 6.07) is 12.0. The SMILES string of the molecule is CCC(c1nnc(SC(C)C(=O)Nc2cc(C)on2)n1Cc1ccccc1)N(C)C. The second-order valence-electron chi connectivity index (χ2n) is 7.37. The molecule has 1 N–H and O–H groups in total. The number of amides is 1. The quantitative estimate of drug-likeness (QED) is 0.519. The van der Waals surface area contributed by atoms with Crippen molar-refractivity contribution in [2.75, 3.05) is 19.4 Å². The highest BCUT2D eigenvalue weighted by Crippen LogP contribution is 2.29. The molecule has 0 fully saturated rings. The molecule has 1 amide bonds. The van der Waals surface area contributed by atoms with E-state index in [-0.39, 0.29) is 17.2 Å². The smallest absolute Gasteiger partial charge is 0.238 e. The fourth-order valence-corrected chi connectivity index (χ4v) is 4.05. The minimum absolute atomic E-state index is 0.137. The lowest BCUT2D eigenvalue weighted by Gasteiger charge is -2.23. The van der Waals surface area contributed by atoms with Gasteiger partial charge in [0, 0.05) is 6.07 Å². The molecule has 9 heteroatoms. The summed E-state index contributed by atoms with van der Waals surface area (Å²) in [6.45, 7) is 6.41. The zero-order valence-corrected chi connectivity index (χ0v) is 18.8. The summed E-state index contributed by atoms with van der Waals surface area (Å²) >= 11 is 1.38. The molecule has 1 aromatic carbocycles. The van der Waals surface area contributed by atoms with Crippen LogP contribution in [-0.2, 0) is 11.3 Å². The molecule has 2 heterocycles. The van der Waals surface area contributed by atoms with E-state index in [1.54, 1.807) is 13.0 Å². The summed E-state index contributed by atoms with van der Waals surface area (Å²) in [4.78, 5) is 14.8. The third-order valence-corrected chi connectivity index (χ3v) is 5.85. The molecule has 0 saturated carbocycles. The predicted octanol–water partition coefficient (Wildman–Crippen LogP) is 3.75. The van der Waals surface area contributed by atoms with Crippen LogP contribution >= 0.6 is 11.8 Å². The Morgan fingerprint density at radius 2 is 2.00 bits per heavy atom. The van der Waals surface area contributed by atoms with Gasteiger partial charge in [-0.3, -0.25) is 9.69 Å². The molecule has 2 atom stereocenters. The summed E-state index contributed by atoms with van der Waals surface area (Å²) in [5.41, 5.74) is 1.16. The zero-order chi connectivity index (χ0) is 21.7. The van der Waals surface area contributed by atoms with Crippen LogP contribution in [-0.4, -0.2) is 50.1 Å². The predicted molar refractivity (Wildman–Crippen MR) is 117 cm³/mol. The molecule has 30 heavy (non-hydrogen) atoms. The molecule has 0 radical (unpaired) electrons. The van der Waals surface area contributed by atoms with Crippen LogP contribution in [0.3, 0.4) is 0 Å². The van der Waals surface area contributed by atoms with Crippen LogP contribution in [0.2, 0.25) is 0 Å². The average molecular weight is 429 g/mol. The molecule has 0 saturated heterocycles. The van der Waals surface area contributed by atoms with Gasteiger partial charge in [-0.25, -0.2) is 0 Å². The van der Waals surface area contributed by atoms with Gasteiger partial charge in [0.1, 0.15) is 5.76 Å². The molecule has 160 valence electrons. The van der Waals surface area contributed by atoms with Crippen LogP contribution in [0.1, 0.15) is 43.5 Å². The number of anilines is 1. The van der Waals surface area contributed by atoms with Crippen molar-refractivity contribution in [2.45, 2.75) is 50.2 Å².